The number of hydrogen-bond donors (Lipinski definition) is 2. The van der Waals surface area contributed by atoms with Gasteiger partial charge in [0.15, 0.2) is 9.84 Å². The van der Waals surface area contributed by atoms with Gasteiger partial charge >= 0.3 is 0 Å². The Labute approximate surface area is 131 Å². The van der Waals surface area contributed by atoms with Gasteiger partial charge in [-0.15, -0.1) is 0 Å². The van der Waals surface area contributed by atoms with E-state index >= 15 is 0 Å². The van der Waals surface area contributed by atoms with Crippen LogP contribution in [0.25, 0.3) is 0 Å². The summed E-state index contributed by atoms with van der Waals surface area (Å²) in [4.78, 5) is 0.0978. The number of halogens is 2. The van der Waals surface area contributed by atoms with Crippen molar-refractivity contribution >= 4 is 54.4 Å². The van der Waals surface area contributed by atoms with Crippen molar-refractivity contribution in [1.82, 2.24) is 0 Å². The average Bonchev–Trinajstić information content (AvgIpc) is 2.35. The maximum Gasteiger partial charge on any atom is 0.177 e. The summed E-state index contributed by atoms with van der Waals surface area (Å²) < 4.78 is 24.1. The molecule has 0 spiro atoms. The van der Waals surface area contributed by atoms with E-state index in [1.54, 1.807) is 30.3 Å². The van der Waals surface area contributed by atoms with Crippen LogP contribution in [-0.4, -0.2) is 14.7 Å². The van der Waals surface area contributed by atoms with Crippen molar-refractivity contribution in [3.8, 4) is 0 Å². The fraction of sp³-hybridized carbons (Fsp3) is 0.0769. The van der Waals surface area contributed by atoms with Crippen molar-refractivity contribution in [1.29, 1.82) is 0 Å². The van der Waals surface area contributed by atoms with Gasteiger partial charge in [-0.05, 0) is 46.3 Å². The van der Waals surface area contributed by atoms with Gasteiger partial charge in [0.2, 0.25) is 0 Å². The summed E-state index contributed by atoms with van der Waals surface area (Å²) in [5, 5.41) is 3.64. The lowest BCUT2D eigenvalue weighted by Gasteiger charge is -2.13. The number of rotatable bonds is 3. The van der Waals surface area contributed by atoms with Gasteiger partial charge in [0.05, 0.1) is 22.0 Å². The monoisotopic (exact) mass is 374 g/mol. The Morgan fingerprint density at radius 3 is 2.55 bits per heavy atom. The van der Waals surface area contributed by atoms with Crippen LogP contribution in [0.1, 0.15) is 0 Å². The molecule has 0 saturated carbocycles. The highest BCUT2D eigenvalue weighted by molar-refractivity contribution is 9.10. The molecule has 0 unspecified atom stereocenters. The smallest absolute Gasteiger partial charge is 0.177 e. The van der Waals surface area contributed by atoms with Gasteiger partial charge in [0, 0.05) is 15.8 Å². The zero-order valence-corrected chi connectivity index (χ0v) is 13.7. The van der Waals surface area contributed by atoms with Crippen LogP contribution in [0.3, 0.4) is 0 Å². The minimum atomic E-state index is -3.37. The molecule has 0 fully saturated rings. The molecule has 20 heavy (non-hydrogen) atoms. The van der Waals surface area contributed by atoms with Crippen LogP contribution in [0.2, 0.25) is 5.02 Å². The summed E-state index contributed by atoms with van der Waals surface area (Å²) in [6, 6.07) is 10.1. The molecule has 0 atom stereocenters. The zero-order chi connectivity index (χ0) is 14.9. The van der Waals surface area contributed by atoms with Gasteiger partial charge in [-0.25, -0.2) is 8.42 Å². The maximum atomic E-state index is 11.6. The van der Waals surface area contributed by atoms with E-state index in [0.717, 1.165) is 10.7 Å². The van der Waals surface area contributed by atoms with Crippen molar-refractivity contribution < 1.29 is 8.42 Å². The first-order chi connectivity index (χ1) is 9.29. The quantitative estimate of drug-likeness (QED) is 0.800. The molecule has 0 aliphatic heterocycles. The fourth-order valence-electron chi connectivity index (χ4n) is 1.71. The van der Waals surface area contributed by atoms with E-state index in [9.17, 15) is 8.42 Å². The van der Waals surface area contributed by atoms with Crippen LogP contribution in [0.5, 0.6) is 0 Å². The Balaban J connectivity index is 2.47. The van der Waals surface area contributed by atoms with Crippen LogP contribution in [0.4, 0.5) is 17.1 Å². The van der Waals surface area contributed by atoms with Crippen LogP contribution >= 0.6 is 27.5 Å². The molecule has 7 heteroatoms. The molecule has 0 heterocycles. The van der Waals surface area contributed by atoms with Gasteiger partial charge in [0.25, 0.3) is 0 Å². The third-order valence-corrected chi connectivity index (χ3v) is 4.74. The normalized spacial score (nSPS) is 11.3. The highest BCUT2D eigenvalue weighted by atomic mass is 79.9. The number of anilines is 3. The van der Waals surface area contributed by atoms with E-state index < -0.39 is 9.84 Å². The molecule has 0 aliphatic rings. The Hall–Kier alpha value is -1.24. The van der Waals surface area contributed by atoms with E-state index in [4.69, 9.17) is 17.3 Å². The standard InChI is InChI=1S/C13H12BrClN2O2S/c1-20(18,19)12-4-2-3-10(13(12)16)17-11-7-8(15)5-6-9(11)14/h2-7,17H,16H2,1H3. The van der Waals surface area contributed by atoms with Gasteiger partial charge in [-0.2, -0.15) is 0 Å². The molecule has 2 aromatic rings. The number of sulfone groups is 1. The number of nitrogen functional groups attached to an aromatic ring is 1. The molecule has 0 amide bonds. The summed E-state index contributed by atoms with van der Waals surface area (Å²) in [7, 11) is -3.37. The third-order valence-electron chi connectivity index (χ3n) is 2.66. The Kier molecular flexibility index (Phi) is 4.27. The number of nitrogens with two attached hydrogens (primary N) is 1. The van der Waals surface area contributed by atoms with E-state index in [1.165, 1.54) is 6.07 Å². The van der Waals surface area contributed by atoms with Crippen LogP contribution in [-0.2, 0) is 9.84 Å². The molecule has 4 nitrogen and oxygen atoms in total. The molecule has 3 N–H and O–H groups in total. The second kappa shape index (κ2) is 5.63. The maximum absolute atomic E-state index is 11.6. The number of benzene rings is 2. The predicted octanol–water partition coefficient (Wildman–Crippen LogP) is 3.83. The second-order valence-electron chi connectivity index (χ2n) is 4.24. The van der Waals surface area contributed by atoms with E-state index in [-0.39, 0.29) is 10.6 Å². The van der Waals surface area contributed by atoms with E-state index in [0.29, 0.717) is 16.4 Å². The summed E-state index contributed by atoms with van der Waals surface area (Å²) in [6.07, 6.45) is 1.12. The highest BCUT2D eigenvalue weighted by Crippen LogP contribution is 2.33. The highest BCUT2D eigenvalue weighted by Gasteiger charge is 2.14. The molecule has 2 rings (SSSR count). The lowest BCUT2D eigenvalue weighted by molar-refractivity contribution is 0.602. The van der Waals surface area contributed by atoms with Crippen molar-refractivity contribution in [2.75, 3.05) is 17.3 Å². The first kappa shape index (κ1) is 15.2. The van der Waals surface area contributed by atoms with Crippen molar-refractivity contribution in [2.45, 2.75) is 4.90 Å². The second-order valence-corrected chi connectivity index (χ2v) is 7.51. The molecule has 0 bridgehead atoms. The zero-order valence-electron chi connectivity index (χ0n) is 10.5. The molecular formula is C13H12BrClN2O2S. The number of hydrogen-bond acceptors (Lipinski definition) is 4. The summed E-state index contributed by atoms with van der Waals surface area (Å²) in [5.74, 6) is 0. The fourth-order valence-corrected chi connectivity index (χ4v) is 3.07. The molecule has 2 aromatic carbocycles. The first-order valence-corrected chi connectivity index (χ1v) is 8.66. The van der Waals surface area contributed by atoms with E-state index in [2.05, 4.69) is 21.2 Å². The van der Waals surface area contributed by atoms with Crippen molar-refractivity contribution in [2.24, 2.45) is 0 Å². The topological polar surface area (TPSA) is 72.2 Å². The van der Waals surface area contributed by atoms with Gasteiger partial charge in [-0.1, -0.05) is 17.7 Å². The van der Waals surface area contributed by atoms with Gasteiger partial charge in [0.1, 0.15) is 0 Å². The van der Waals surface area contributed by atoms with Crippen LogP contribution in [0, 0.1) is 0 Å². The van der Waals surface area contributed by atoms with Gasteiger partial charge in [-0.3, -0.25) is 0 Å². The van der Waals surface area contributed by atoms with Crippen LogP contribution < -0.4 is 11.1 Å². The summed E-state index contributed by atoms with van der Waals surface area (Å²) in [6.45, 7) is 0. The largest absolute Gasteiger partial charge is 0.396 e. The Morgan fingerprint density at radius 1 is 1.20 bits per heavy atom. The van der Waals surface area contributed by atoms with Crippen molar-refractivity contribution in [3.63, 3.8) is 0 Å². The third kappa shape index (κ3) is 3.26. The predicted molar refractivity (Wildman–Crippen MR) is 86.4 cm³/mol. The first-order valence-electron chi connectivity index (χ1n) is 5.59. The molecule has 0 saturated heterocycles. The Bertz CT molecular complexity index is 763. The van der Waals surface area contributed by atoms with Gasteiger partial charge < -0.3 is 11.1 Å². The molecule has 106 valence electrons. The SMILES string of the molecule is CS(=O)(=O)c1cccc(Nc2cc(Cl)ccc2Br)c1N. The Morgan fingerprint density at radius 2 is 1.90 bits per heavy atom. The molecule has 0 aromatic heterocycles. The molecule has 0 aliphatic carbocycles. The lowest BCUT2D eigenvalue weighted by Crippen LogP contribution is -2.05. The molecule has 0 radical (unpaired) electrons. The minimum absolute atomic E-state index is 0.0978. The van der Waals surface area contributed by atoms with E-state index in [1.807, 2.05) is 0 Å². The summed E-state index contributed by atoms with van der Waals surface area (Å²) in [5.41, 5.74) is 7.31. The lowest BCUT2D eigenvalue weighted by atomic mass is 10.2. The van der Waals surface area contributed by atoms with Crippen LogP contribution in [0.15, 0.2) is 45.8 Å². The molecular weight excluding hydrogens is 364 g/mol. The average molecular weight is 376 g/mol. The summed E-state index contributed by atoms with van der Waals surface area (Å²) >= 11 is 9.33. The number of para-hydroxylation sites is 1. The minimum Gasteiger partial charge on any atom is -0.396 e. The van der Waals surface area contributed by atoms with Crippen molar-refractivity contribution in [3.05, 3.63) is 45.9 Å². The number of nitrogens with one attached hydrogen (secondary N) is 1.